The molecule has 0 aromatic rings. The molecule has 0 amide bonds. The quantitative estimate of drug-likeness (QED) is 0.497. The minimum absolute atomic E-state index is 0.0439. The molecule has 0 saturated heterocycles. The summed E-state index contributed by atoms with van der Waals surface area (Å²) in [6, 6.07) is 0. The Morgan fingerprint density at radius 2 is 1.83 bits per heavy atom. The molecule has 24 heavy (non-hydrogen) atoms. The average Bonchev–Trinajstić information content (AvgIpc) is 3.29. The van der Waals surface area contributed by atoms with E-state index in [0.29, 0.717) is 17.8 Å². The smallest absolute Gasteiger partial charge is 0.314 e. The monoisotopic (exact) mass is 330 g/mol. The van der Waals surface area contributed by atoms with Gasteiger partial charge in [0.1, 0.15) is 5.76 Å². The molecule has 4 saturated carbocycles. The molecular weight excluding hydrogens is 296 g/mol. The second-order valence-electron chi connectivity index (χ2n) is 9.38. The number of rotatable bonds is 4. The minimum atomic E-state index is 0.0439. The number of fused-ring (bicyclic) bond motifs is 5. The topological polar surface area (TPSA) is 26.3 Å². The van der Waals surface area contributed by atoms with Crippen molar-refractivity contribution in [2.24, 2.45) is 47.3 Å². The van der Waals surface area contributed by atoms with Crippen LogP contribution in [0.2, 0.25) is 0 Å². The molecule has 0 aromatic heterocycles. The second-order valence-corrected chi connectivity index (χ2v) is 9.38. The zero-order valence-electron chi connectivity index (χ0n) is 15.7. The van der Waals surface area contributed by atoms with E-state index >= 15 is 0 Å². The highest BCUT2D eigenvalue weighted by Crippen LogP contribution is 2.61. The third-order valence-corrected chi connectivity index (χ3v) is 7.89. The Balaban J connectivity index is 1.42. The lowest BCUT2D eigenvalue weighted by Crippen LogP contribution is -2.22. The van der Waals surface area contributed by atoms with Gasteiger partial charge in [-0.25, -0.2) is 0 Å². The van der Waals surface area contributed by atoms with Crippen LogP contribution in [0.3, 0.4) is 0 Å². The van der Waals surface area contributed by atoms with E-state index in [1.807, 2.05) is 0 Å². The lowest BCUT2D eigenvalue weighted by Gasteiger charge is -2.28. The first kappa shape index (κ1) is 16.7. The number of hydrogen-bond acceptors (Lipinski definition) is 2. The maximum absolute atomic E-state index is 12.6. The van der Waals surface area contributed by atoms with Gasteiger partial charge in [-0.15, -0.1) is 0 Å². The summed E-state index contributed by atoms with van der Waals surface area (Å²) in [7, 11) is 0. The molecule has 4 aliphatic rings. The highest BCUT2D eigenvalue weighted by atomic mass is 16.5. The Morgan fingerprint density at radius 3 is 2.54 bits per heavy atom. The number of carbonyl (C=O) groups is 1. The van der Waals surface area contributed by atoms with Crippen molar-refractivity contribution in [1.82, 2.24) is 0 Å². The molecule has 0 aliphatic heterocycles. The Hall–Kier alpha value is -0.790. The van der Waals surface area contributed by atoms with E-state index < -0.39 is 0 Å². The molecular formula is C22H34O2. The fraction of sp³-hybridized carbons (Fsp3) is 0.864. The van der Waals surface area contributed by atoms with E-state index in [2.05, 4.69) is 26.8 Å². The van der Waals surface area contributed by atoms with E-state index in [9.17, 15) is 4.79 Å². The second kappa shape index (κ2) is 6.50. The summed E-state index contributed by atoms with van der Waals surface area (Å²) in [4.78, 5) is 12.6. The number of esters is 1. The summed E-state index contributed by atoms with van der Waals surface area (Å²) in [6.45, 7) is 6.60. The summed E-state index contributed by atoms with van der Waals surface area (Å²) >= 11 is 0. The number of carbonyl (C=O) groups excluding carboxylic acids is 1. The lowest BCUT2D eigenvalue weighted by molar-refractivity contribution is -0.145. The molecule has 4 aliphatic carbocycles. The van der Waals surface area contributed by atoms with Crippen molar-refractivity contribution >= 4 is 5.97 Å². The van der Waals surface area contributed by atoms with Gasteiger partial charge in [0.2, 0.25) is 0 Å². The van der Waals surface area contributed by atoms with Gasteiger partial charge in [-0.2, -0.15) is 0 Å². The van der Waals surface area contributed by atoms with Crippen molar-refractivity contribution in [3.63, 3.8) is 0 Å². The Kier molecular flexibility index (Phi) is 4.51. The Labute approximate surface area is 147 Å². The summed E-state index contributed by atoms with van der Waals surface area (Å²) in [5, 5.41) is 0. The molecule has 2 nitrogen and oxygen atoms in total. The van der Waals surface area contributed by atoms with Crippen molar-refractivity contribution in [2.75, 3.05) is 0 Å². The van der Waals surface area contributed by atoms with Gasteiger partial charge in [-0.05, 0) is 92.4 Å². The van der Waals surface area contributed by atoms with Crippen molar-refractivity contribution in [3.8, 4) is 0 Å². The van der Waals surface area contributed by atoms with E-state index in [0.717, 1.165) is 42.3 Å². The summed E-state index contributed by atoms with van der Waals surface area (Å²) in [5.74, 6) is 6.80. The predicted octanol–water partition coefficient (Wildman–Crippen LogP) is 5.58. The van der Waals surface area contributed by atoms with Crippen molar-refractivity contribution in [3.05, 3.63) is 11.8 Å². The van der Waals surface area contributed by atoms with Crippen LogP contribution in [0.5, 0.6) is 0 Å². The van der Waals surface area contributed by atoms with Crippen LogP contribution in [0.4, 0.5) is 0 Å². The predicted molar refractivity (Wildman–Crippen MR) is 96.1 cm³/mol. The van der Waals surface area contributed by atoms with Crippen LogP contribution in [0, 0.1) is 47.3 Å². The summed E-state index contributed by atoms with van der Waals surface area (Å²) in [6.07, 6.45) is 12.5. The molecule has 0 radical (unpaired) electrons. The van der Waals surface area contributed by atoms with Crippen LogP contribution in [0.15, 0.2) is 11.8 Å². The van der Waals surface area contributed by atoms with E-state index in [4.69, 9.17) is 4.74 Å². The van der Waals surface area contributed by atoms with Crippen LogP contribution in [-0.2, 0) is 9.53 Å². The van der Waals surface area contributed by atoms with Gasteiger partial charge in [0.15, 0.2) is 0 Å². The van der Waals surface area contributed by atoms with Crippen molar-refractivity contribution < 1.29 is 9.53 Å². The minimum Gasteiger partial charge on any atom is -0.431 e. The van der Waals surface area contributed by atoms with Gasteiger partial charge in [0, 0.05) is 6.42 Å². The summed E-state index contributed by atoms with van der Waals surface area (Å²) in [5.41, 5.74) is 0. The highest BCUT2D eigenvalue weighted by molar-refractivity contribution is 5.74. The van der Waals surface area contributed by atoms with E-state index in [1.54, 1.807) is 0 Å². The highest BCUT2D eigenvalue weighted by Gasteiger charge is 2.52. The maximum atomic E-state index is 12.6. The third kappa shape index (κ3) is 2.84. The summed E-state index contributed by atoms with van der Waals surface area (Å²) < 4.78 is 5.92. The van der Waals surface area contributed by atoms with Crippen molar-refractivity contribution in [1.29, 1.82) is 0 Å². The molecule has 2 bridgehead atoms. The normalized spacial score (nSPS) is 47.2. The first-order chi connectivity index (χ1) is 11.6. The first-order valence-electron chi connectivity index (χ1n) is 10.5. The number of allylic oxidation sites excluding steroid dienone is 2. The molecule has 0 aromatic carbocycles. The van der Waals surface area contributed by atoms with Crippen molar-refractivity contribution in [2.45, 2.75) is 72.1 Å². The first-order valence-corrected chi connectivity index (χ1v) is 10.5. The average molecular weight is 331 g/mol. The largest absolute Gasteiger partial charge is 0.431 e. The molecule has 0 N–H and O–H groups in total. The van der Waals surface area contributed by atoms with Crippen LogP contribution < -0.4 is 0 Å². The lowest BCUT2D eigenvalue weighted by atomic mass is 9.78. The van der Waals surface area contributed by atoms with Crippen LogP contribution in [0.25, 0.3) is 0 Å². The number of hydrogen-bond donors (Lipinski definition) is 0. The molecule has 2 heteroatoms. The number of ether oxygens (including phenoxy) is 1. The molecule has 134 valence electrons. The fourth-order valence-electron chi connectivity index (χ4n) is 6.88. The Morgan fingerprint density at radius 1 is 1.04 bits per heavy atom. The van der Waals surface area contributed by atoms with Crippen LogP contribution >= 0.6 is 0 Å². The standard InChI is InChI=1S/C22H34O2/c1-4-18(24-22(23)20-10-13(2)9-14(20)3)12-17-7-8-19-15-5-6-16(11-15)21(17)19/h12-17,19-21H,4-11H2,1-3H3/b18-12+/t13?,14?,15-,16?,17?,19?,20?,21?/m0/s1. The van der Waals surface area contributed by atoms with E-state index in [-0.39, 0.29) is 11.9 Å². The molecule has 0 spiro atoms. The zero-order valence-corrected chi connectivity index (χ0v) is 15.7. The molecule has 7 unspecified atom stereocenters. The third-order valence-electron chi connectivity index (χ3n) is 7.89. The Bertz CT molecular complexity index is 522. The molecule has 0 heterocycles. The van der Waals surface area contributed by atoms with Crippen LogP contribution in [0.1, 0.15) is 72.1 Å². The zero-order chi connectivity index (χ0) is 16.8. The van der Waals surface area contributed by atoms with Gasteiger partial charge < -0.3 is 4.74 Å². The van der Waals surface area contributed by atoms with Gasteiger partial charge in [0.25, 0.3) is 0 Å². The van der Waals surface area contributed by atoms with Gasteiger partial charge in [-0.3, -0.25) is 4.79 Å². The molecule has 4 rings (SSSR count). The molecule has 4 fully saturated rings. The SMILES string of the molecule is CC/C(=C\C1CCC2C1C1CC[C@H]2C1)OC(=O)C1CC(C)CC1C. The van der Waals surface area contributed by atoms with Gasteiger partial charge in [0.05, 0.1) is 5.92 Å². The maximum Gasteiger partial charge on any atom is 0.314 e. The van der Waals surface area contributed by atoms with Crippen LogP contribution in [-0.4, -0.2) is 5.97 Å². The van der Waals surface area contributed by atoms with E-state index in [1.165, 1.54) is 38.5 Å². The fourth-order valence-corrected chi connectivity index (χ4v) is 6.88. The van der Waals surface area contributed by atoms with Gasteiger partial charge >= 0.3 is 5.97 Å². The molecule has 8 atom stereocenters. The van der Waals surface area contributed by atoms with Gasteiger partial charge in [-0.1, -0.05) is 20.8 Å².